The zero-order chi connectivity index (χ0) is 17.8. The van der Waals surface area contributed by atoms with Gasteiger partial charge >= 0.3 is 0 Å². The Labute approximate surface area is 153 Å². The second-order valence-electron chi connectivity index (χ2n) is 5.37. The molecule has 0 saturated heterocycles. The van der Waals surface area contributed by atoms with Crippen molar-refractivity contribution in [1.29, 1.82) is 0 Å². The minimum atomic E-state index is 0.0209. The third kappa shape index (κ3) is 4.46. The maximum Gasteiger partial charge on any atom is 0.276 e. The van der Waals surface area contributed by atoms with Gasteiger partial charge in [-0.1, -0.05) is 11.8 Å². The third-order valence-corrected chi connectivity index (χ3v) is 5.17. The molecule has 1 aromatic carbocycles. The molecule has 0 unspecified atom stereocenters. The van der Waals surface area contributed by atoms with E-state index in [-0.39, 0.29) is 5.78 Å². The fraction of sp³-hybridized carbons (Fsp3) is 0.294. The molecule has 3 rings (SSSR count). The van der Waals surface area contributed by atoms with Crippen molar-refractivity contribution in [2.75, 3.05) is 7.11 Å². The molecule has 0 saturated carbocycles. The number of nitrogens with zero attached hydrogens (tertiary/aromatic N) is 3. The number of hydrogen-bond donors (Lipinski definition) is 0. The molecule has 0 radical (unpaired) electrons. The molecule has 6 nitrogen and oxygen atoms in total. The van der Waals surface area contributed by atoms with Crippen molar-refractivity contribution in [2.45, 2.75) is 31.2 Å². The first kappa shape index (κ1) is 17.6. The molecule has 0 bridgehead atoms. The van der Waals surface area contributed by atoms with Crippen molar-refractivity contribution in [1.82, 2.24) is 15.2 Å². The maximum absolute atomic E-state index is 11.6. The fourth-order valence-electron chi connectivity index (χ4n) is 2.26. The van der Waals surface area contributed by atoms with E-state index >= 15 is 0 Å². The smallest absolute Gasteiger partial charge is 0.276 e. The summed E-state index contributed by atoms with van der Waals surface area (Å²) in [6.07, 6.45) is 0.529. The molecule has 0 aliphatic rings. The van der Waals surface area contributed by atoms with E-state index in [2.05, 4.69) is 15.2 Å². The molecule has 0 aliphatic heterocycles. The molecule has 8 heteroatoms. The first-order valence-corrected chi connectivity index (χ1v) is 9.45. The van der Waals surface area contributed by atoms with Gasteiger partial charge in [0.05, 0.1) is 24.2 Å². The van der Waals surface area contributed by atoms with E-state index in [4.69, 9.17) is 9.15 Å². The van der Waals surface area contributed by atoms with Gasteiger partial charge in [-0.3, -0.25) is 4.79 Å². The topological polar surface area (TPSA) is 78.1 Å². The SMILES string of the molecule is COc1ccc(C(C)=O)cc1CSc1nnc(Cc2csc(C)n2)o1. The highest BCUT2D eigenvalue weighted by Gasteiger charge is 2.12. The van der Waals surface area contributed by atoms with Crippen LogP contribution in [-0.4, -0.2) is 28.1 Å². The Kier molecular flexibility index (Phi) is 5.50. The molecule has 2 aromatic heterocycles. The Morgan fingerprint density at radius 2 is 2.20 bits per heavy atom. The second kappa shape index (κ2) is 7.79. The van der Waals surface area contributed by atoms with Crippen LogP contribution >= 0.6 is 23.1 Å². The Bertz CT molecular complexity index is 889. The number of thiazole rings is 1. The van der Waals surface area contributed by atoms with Crippen molar-refractivity contribution < 1.29 is 13.9 Å². The minimum absolute atomic E-state index is 0.0209. The highest BCUT2D eigenvalue weighted by atomic mass is 32.2. The molecule has 2 heterocycles. The number of carbonyl (C=O) groups excluding carboxylic acids is 1. The van der Waals surface area contributed by atoms with Crippen molar-refractivity contribution in [3.8, 4) is 5.75 Å². The summed E-state index contributed by atoms with van der Waals surface area (Å²) in [5, 5.41) is 11.6. The average Bonchev–Trinajstić information content (AvgIpc) is 3.21. The first-order chi connectivity index (χ1) is 12.0. The molecule has 0 amide bonds. The van der Waals surface area contributed by atoms with E-state index < -0.39 is 0 Å². The monoisotopic (exact) mass is 375 g/mol. The number of benzene rings is 1. The summed E-state index contributed by atoms with van der Waals surface area (Å²) in [4.78, 5) is 15.9. The number of ketones is 1. The normalized spacial score (nSPS) is 10.8. The van der Waals surface area contributed by atoms with E-state index in [0.717, 1.165) is 22.0 Å². The summed E-state index contributed by atoms with van der Waals surface area (Å²) in [5.41, 5.74) is 2.50. The molecule has 25 heavy (non-hydrogen) atoms. The molecular formula is C17H17N3O3S2. The van der Waals surface area contributed by atoms with Crippen LogP contribution in [0.2, 0.25) is 0 Å². The Hall–Kier alpha value is -2.19. The lowest BCUT2D eigenvalue weighted by atomic mass is 10.1. The Morgan fingerprint density at radius 1 is 1.36 bits per heavy atom. The zero-order valence-corrected chi connectivity index (χ0v) is 15.7. The molecule has 3 aromatic rings. The van der Waals surface area contributed by atoms with Crippen LogP contribution in [0.1, 0.15) is 39.4 Å². The number of hydrogen-bond acceptors (Lipinski definition) is 8. The summed E-state index contributed by atoms with van der Waals surface area (Å²) < 4.78 is 11.0. The summed E-state index contributed by atoms with van der Waals surface area (Å²) in [5.74, 6) is 1.86. The average molecular weight is 375 g/mol. The van der Waals surface area contributed by atoms with Gasteiger partial charge in [-0.2, -0.15) is 0 Å². The molecule has 0 N–H and O–H groups in total. The lowest BCUT2D eigenvalue weighted by Gasteiger charge is -2.08. The number of carbonyl (C=O) groups is 1. The van der Waals surface area contributed by atoms with Gasteiger partial charge in [0.2, 0.25) is 5.89 Å². The molecule has 0 atom stereocenters. The number of aryl methyl sites for hydroxylation is 1. The third-order valence-electron chi connectivity index (χ3n) is 3.49. The van der Waals surface area contributed by atoms with E-state index in [1.807, 2.05) is 18.4 Å². The highest BCUT2D eigenvalue weighted by molar-refractivity contribution is 7.98. The van der Waals surface area contributed by atoms with Crippen LogP contribution in [0.15, 0.2) is 33.2 Å². The lowest BCUT2D eigenvalue weighted by Crippen LogP contribution is -1.96. The number of thioether (sulfide) groups is 1. The van der Waals surface area contributed by atoms with Gasteiger partial charge in [-0.25, -0.2) is 4.98 Å². The molecule has 0 fully saturated rings. The summed E-state index contributed by atoms with van der Waals surface area (Å²) in [7, 11) is 1.61. The Morgan fingerprint density at radius 3 is 2.88 bits per heavy atom. The maximum atomic E-state index is 11.6. The van der Waals surface area contributed by atoms with Crippen LogP contribution in [0.3, 0.4) is 0 Å². The van der Waals surface area contributed by atoms with Crippen LogP contribution in [0.25, 0.3) is 0 Å². The highest BCUT2D eigenvalue weighted by Crippen LogP contribution is 2.28. The van der Waals surface area contributed by atoms with Crippen LogP contribution < -0.4 is 4.74 Å². The van der Waals surface area contributed by atoms with Gasteiger partial charge in [0, 0.05) is 22.3 Å². The van der Waals surface area contributed by atoms with Gasteiger partial charge in [0.15, 0.2) is 5.78 Å². The van der Waals surface area contributed by atoms with Crippen LogP contribution in [0, 0.1) is 6.92 Å². The quantitative estimate of drug-likeness (QED) is 0.457. The van der Waals surface area contributed by atoms with E-state index in [0.29, 0.717) is 28.9 Å². The first-order valence-electron chi connectivity index (χ1n) is 7.59. The van der Waals surface area contributed by atoms with Crippen LogP contribution in [-0.2, 0) is 12.2 Å². The zero-order valence-electron chi connectivity index (χ0n) is 14.1. The van der Waals surface area contributed by atoms with Crippen molar-refractivity contribution in [2.24, 2.45) is 0 Å². The Balaban J connectivity index is 1.67. The minimum Gasteiger partial charge on any atom is -0.496 e. The summed E-state index contributed by atoms with van der Waals surface area (Å²) in [6, 6.07) is 5.40. The van der Waals surface area contributed by atoms with Gasteiger partial charge < -0.3 is 9.15 Å². The predicted molar refractivity (Wildman–Crippen MR) is 96.5 cm³/mol. The number of rotatable bonds is 7. The van der Waals surface area contributed by atoms with E-state index in [1.54, 1.807) is 37.5 Å². The van der Waals surface area contributed by atoms with E-state index in [9.17, 15) is 4.79 Å². The van der Waals surface area contributed by atoms with Gasteiger partial charge in [0.25, 0.3) is 5.22 Å². The summed E-state index contributed by atoms with van der Waals surface area (Å²) in [6.45, 7) is 3.51. The predicted octanol–water partition coefficient (Wildman–Crippen LogP) is 3.93. The second-order valence-corrected chi connectivity index (χ2v) is 7.36. The standard InChI is InChI=1S/C17H17N3O3S2/c1-10(21)12-4-5-15(22-3)13(6-12)8-25-17-20-19-16(23-17)7-14-9-24-11(2)18-14/h4-6,9H,7-8H2,1-3H3. The largest absolute Gasteiger partial charge is 0.496 e. The lowest BCUT2D eigenvalue weighted by molar-refractivity contribution is 0.101. The molecule has 0 aliphatic carbocycles. The number of methoxy groups -OCH3 is 1. The van der Waals surface area contributed by atoms with Crippen LogP contribution in [0.5, 0.6) is 5.75 Å². The van der Waals surface area contributed by atoms with Crippen molar-refractivity contribution >= 4 is 28.9 Å². The molecule has 130 valence electrons. The number of Topliss-reactive ketones (excluding diaryl/α,β-unsaturated/α-hetero) is 1. The van der Waals surface area contributed by atoms with Gasteiger partial charge in [-0.05, 0) is 32.0 Å². The molecular weight excluding hydrogens is 358 g/mol. The van der Waals surface area contributed by atoms with Crippen LogP contribution in [0.4, 0.5) is 0 Å². The number of ether oxygens (including phenoxy) is 1. The van der Waals surface area contributed by atoms with Gasteiger partial charge in [-0.15, -0.1) is 21.5 Å². The molecule has 0 spiro atoms. The fourth-order valence-corrected chi connectivity index (χ4v) is 3.63. The van der Waals surface area contributed by atoms with E-state index in [1.165, 1.54) is 11.8 Å². The van der Waals surface area contributed by atoms with Crippen molar-refractivity contribution in [3.05, 3.63) is 51.3 Å². The van der Waals surface area contributed by atoms with Crippen molar-refractivity contribution in [3.63, 3.8) is 0 Å². The van der Waals surface area contributed by atoms with Gasteiger partial charge in [0.1, 0.15) is 5.75 Å². The number of aromatic nitrogens is 3. The summed E-state index contributed by atoms with van der Waals surface area (Å²) >= 11 is 3.01.